The first kappa shape index (κ1) is 13.8. The van der Waals surface area contributed by atoms with Crippen LogP contribution in [-0.2, 0) is 11.3 Å². The molecule has 0 bridgehead atoms. The number of aryl methyl sites for hydroxylation is 1. The van der Waals surface area contributed by atoms with E-state index in [-0.39, 0.29) is 0 Å². The summed E-state index contributed by atoms with van der Waals surface area (Å²) >= 11 is 0. The van der Waals surface area contributed by atoms with E-state index in [0.29, 0.717) is 6.04 Å². The average Bonchev–Trinajstić information content (AvgIpc) is 3.32. The Balaban J connectivity index is 1.67. The minimum Gasteiger partial charge on any atom is -0.383 e. The first-order valence-corrected chi connectivity index (χ1v) is 7.72. The van der Waals surface area contributed by atoms with Gasteiger partial charge in [0.05, 0.1) is 6.61 Å². The van der Waals surface area contributed by atoms with Crippen molar-refractivity contribution in [2.45, 2.75) is 51.2 Å². The van der Waals surface area contributed by atoms with Gasteiger partial charge in [-0.2, -0.15) is 0 Å². The fraction of sp³-hybridized carbons (Fsp3) is 0.688. The van der Waals surface area contributed by atoms with E-state index in [1.165, 1.54) is 36.8 Å². The molecule has 0 radical (unpaired) electrons. The van der Waals surface area contributed by atoms with Crippen molar-refractivity contribution in [1.82, 2.24) is 10.3 Å². The average molecular weight is 275 g/mol. The molecule has 1 aromatic rings. The molecule has 3 rings (SSSR count). The van der Waals surface area contributed by atoms with Crippen molar-refractivity contribution >= 4 is 5.82 Å². The van der Waals surface area contributed by atoms with E-state index >= 15 is 0 Å². The van der Waals surface area contributed by atoms with E-state index in [1.807, 2.05) is 6.20 Å². The van der Waals surface area contributed by atoms with Gasteiger partial charge < -0.3 is 15.0 Å². The Kier molecular flexibility index (Phi) is 4.22. The third-order valence-electron chi connectivity index (χ3n) is 4.08. The summed E-state index contributed by atoms with van der Waals surface area (Å²) in [6.45, 7) is 4.82. The number of rotatable bonds is 8. The molecule has 110 valence electrons. The zero-order valence-electron chi connectivity index (χ0n) is 12.6. The molecule has 0 atom stereocenters. The molecule has 1 heterocycles. The second kappa shape index (κ2) is 6.10. The van der Waals surface area contributed by atoms with Crippen molar-refractivity contribution in [3.8, 4) is 0 Å². The normalized spacial score (nSPS) is 18.3. The molecule has 2 aliphatic rings. The van der Waals surface area contributed by atoms with Crippen LogP contribution in [0.1, 0.15) is 36.8 Å². The van der Waals surface area contributed by atoms with Crippen LogP contribution in [0.15, 0.2) is 12.3 Å². The number of methoxy groups -OCH3 is 1. The molecule has 1 aromatic heterocycles. The monoisotopic (exact) mass is 275 g/mol. The van der Waals surface area contributed by atoms with Gasteiger partial charge in [0.15, 0.2) is 0 Å². The number of aromatic nitrogens is 1. The molecular formula is C16H25N3O. The Labute approximate surface area is 121 Å². The van der Waals surface area contributed by atoms with Crippen molar-refractivity contribution in [1.29, 1.82) is 0 Å². The van der Waals surface area contributed by atoms with Crippen molar-refractivity contribution in [3.05, 3.63) is 23.4 Å². The van der Waals surface area contributed by atoms with Crippen LogP contribution in [0.2, 0.25) is 0 Å². The largest absolute Gasteiger partial charge is 0.383 e. The molecule has 20 heavy (non-hydrogen) atoms. The summed E-state index contributed by atoms with van der Waals surface area (Å²) in [4.78, 5) is 7.14. The Hall–Kier alpha value is -1.13. The predicted molar refractivity (Wildman–Crippen MR) is 81.1 cm³/mol. The van der Waals surface area contributed by atoms with Crippen LogP contribution in [-0.4, -0.2) is 37.3 Å². The number of hydrogen-bond donors (Lipinski definition) is 1. The minimum atomic E-state index is 0.673. The molecule has 4 heteroatoms. The molecule has 0 amide bonds. The maximum absolute atomic E-state index is 5.23. The van der Waals surface area contributed by atoms with Crippen molar-refractivity contribution in [3.63, 3.8) is 0 Å². The molecule has 0 spiro atoms. The van der Waals surface area contributed by atoms with Gasteiger partial charge in [-0.1, -0.05) is 0 Å². The second-order valence-electron chi connectivity index (χ2n) is 6.06. The van der Waals surface area contributed by atoms with Gasteiger partial charge >= 0.3 is 0 Å². The summed E-state index contributed by atoms with van der Waals surface area (Å²) in [5.74, 6) is 1.14. The minimum absolute atomic E-state index is 0.673. The van der Waals surface area contributed by atoms with Crippen molar-refractivity contribution in [2.75, 3.05) is 25.2 Å². The maximum Gasteiger partial charge on any atom is 0.131 e. The fourth-order valence-electron chi connectivity index (χ4n) is 2.61. The van der Waals surface area contributed by atoms with E-state index in [4.69, 9.17) is 9.72 Å². The van der Waals surface area contributed by atoms with Crippen LogP contribution < -0.4 is 10.2 Å². The highest BCUT2D eigenvalue weighted by atomic mass is 16.5. The van der Waals surface area contributed by atoms with Crippen LogP contribution in [0.25, 0.3) is 0 Å². The summed E-state index contributed by atoms with van der Waals surface area (Å²) in [6.07, 6.45) is 7.26. The third kappa shape index (κ3) is 3.49. The summed E-state index contributed by atoms with van der Waals surface area (Å²) in [5.41, 5.74) is 2.57. The van der Waals surface area contributed by atoms with E-state index in [2.05, 4.69) is 23.2 Å². The first-order chi connectivity index (χ1) is 9.78. The zero-order chi connectivity index (χ0) is 13.9. The van der Waals surface area contributed by atoms with E-state index in [1.54, 1.807) is 7.11 Å². The molecule has 0 aliphatic heterocycles. The Morgan fingerprint density at radius 1 is 1.35 bits per heavy atom. The van der Waals surface area contributed by atoms with E-state index in [0.717, 1.165) is 31.6 Å². The molecule has 2 fully saturated rings. The molecular weight excluding hydrogens is 250 g/mol. The van der Waals surface area contributed by atoms with Gasteiger partial charge in [0, 0.05) is 38.5 Å². The highest BCUT2D eigenvalue weighted by molar-refractivity contribution is 5.49. The topological polar surface area (TPSA) is 37.4 Å². The number of pyridine rings is 1. The van der Waals surface area contributed by atoms with Crippen LogP contribution in [0.5, 0.6) is 0 Å². The number of ether oxygens (including phenoxy) is 1. The Morgan fingerprint density at radius 2 is 2.15 bits per heavy atom. The van der Waals surface area contributed by atoms with Crippen molar-refractivity contribution in [2.24, 2.45) is 0 Å². The van der Waals surface area contributed by atoms with Gasteiger partial charge in [0.2, 0.25) is 0 Å². The standard InChI is InChI=1S/C16H25N3O/c1-12-9-13(10-17-14-3-4-14)11-18-16(12)19(7-8-20-2)15-5-6-15/h9,11,14-15,17H,3-8,10H2,1-2H3. The molecule has 2 aliphatic carbocycles. The van der Waals surface area contributed by atoms with Crippen LogP contribution in [0, 0.1) is 6.92 Å². The van der Waals surface area contributed by atoms with Gasteiger partial charge in [0.1, 0.15) is 5.82 Å². The number of nitrogens with one attached hydrogen (secondary N) is 1. The lowest BCUT2D eigenvalue weighted by molar-refractivity contribution is 0.204. The zero-order valence-corrected chi connectivity index (χ0v) is 12.6. The first-order valence-electron chi connectivity index (χ1n) is 7.72. The molecule has 1 N–H and O–H groups in total. The lowest BCUT2D eigenvalue weighted by atomic mass is 10.2. The van der Waals surface area contributed by atoms with Gasteiger partial charge in [0.25, 0.3) is 0 Å². The molecule has 2 saturated carbocycles. The number of hydrogen-bond acceptors (Lipinski definition) is 4. The van der Waals surface area contributed by atoms with Gasteiger partial charge in [-0.15, -0.1) is 0 Å². The molecule has 0 unspecified atom stereocenters. The van der Waals surface area contributed by atoms with E-state index in [9.17, 15) is 0 Å². The Morgan fingerprint density at radius 3 is 2.75 bits per heavy atom. The smallest absolute Gasteiger partial charge is 0.131 e. The maximum atomic E-state index is 5.23. The highest BCUT2D eigenvalue weighted by Gasteiger charge is 2.30. The van der Waals surface area contributed by atoms with Crippen LogP contribution in [0.3, 0.4) is 0 Å². The lowest BCUT2D eigenvalue weighted by Gasteiger charge is -2.25. The number of anilines is 1. The highest BCUT2D eigenvalue weighted by Crippen LogP contribution is 2.32. The molecule has 0 aromatic carbocycles. The van der Waals surface area contributed by atoms with Gasteiger partial charge in [-0.25, -0.2) is 4.98 Å². The van der Waals surface area contributed by atoms with E-state index < -0.39 is 0 Å². The molecule has 0 saturated heterocycles. The quantitative estimate of drug-likeness (QED) is 0.789. The van der Waals surface area contributed by atoms with Gasteiger partial charge in [-0.05, 0) is 49.8 Å². The summed E-state index contributed by atoms with van der Waals surface area (Å²) in [5, 5.41) is 3.54. The number of nitrogens with zero attached hydrogens (tertiary/aromatic N) is 2. The van der Waals surface area contributed by atoms with Crippen LogP contribution >= 0.6 is 0 Å². The third-order valence-corrected chi connectivity index (χ3v) is 4.08. The SMILES string of the molecule is COCCN(c1ncc(CNC2CC2)cc1C)C1CC1. The summed E-state index contributed by atoms with van der Waals surface area (Å²) in [7, 11) is 1.76. The van der Waals surface area contributed by atoms with Gasteiger partial charge in [-0.3, -0.25) is 0 Å². The lowest BCUT2D eigenvalue weighted by Crippen LogP contribution is -2.31. The second-order valence-corrected chi connectivity index (χ2v) is 6.06. The fourth-order valence-corrected chi connectivity index (χ4v) is 2.61. The Bertz CT molecular complexity index is 455. The van der Waals surface area contributed by atoms with Crippen LogP contribution in [0.4, 0.5) is 5.82 Å². The summed E-state index contributed by atoms with van der Waals surface area (Å²) in [6, 6.07) is 3.70. The van der Waals surface area contributed by atoms with Crippen molar-refractivity contribution < 1.29 is 4.74 Å². The summed E-state index contributed by atoms with van der Waals surface area (Å²) < 4.78 is 5.23. The predicted octanol–water partition coefficient (Wildman–Crippen LogP) is 2.26. The molecule has 4 nitrogen and oxygen atoms in total.